The van der Waals surface area contributed by atoms with Gasteiger partial charge in [-0.3, -0.25) is 10.2 Å². The molecule has 16 heavy (non-hydrogen) atoms. The Labute approximate surface area is 93.3 Å². The van der Waals surface area contributed by atoms with Crippen LogP contribution in [0.2, 0.25) is 0 Å². The van der Waals surface area contributed by atoms with Gasteiger partial charge in [-0.25, -0.2) is 0 Å². The summed E-state index contributed by atoms with van der Waals surface area (Å²) in [5, 5.41) is 10.4. The van der Waals surface area contributed by atoms with Crippen molar-refractivity contribution >= 4 is 17.4 Å². The van der Waals surface area contributed by atoms with Gasteiger partial charge in [0.2, 0.25) is 5.91 Å². The third-order valence-corrected chi connectivity index (χ3v) is 2.97. The highest BCUT2D eigenvalue weighted by Gasteiger charge is 2.32. The first-order chi connectivity index (χ1) is 7.50. The zero-order valence-electron chi connectivity index (χ0n) is 8.95. The van der Waals surface area contributed by atoms with E-state index in [2.05, 4.69) is 5.32 Å². The van der Waals surface area contributed by atoms with Crippen molar-refractivity contribution in [2.75, 3.05) is 5.32 Å². The molecule has 0 saturated heterocycles. The van der Waals surface area contributed by atoms with E-state index in [0.29, 0.717) is 5.56 Å². The minimum absolute atomic E-state index is 0.00630. The number of hydrogen-bond donors (Lipinski definition) is 4. The minimum Gasteiger partial charge on any atom is -0.384 e. The number of amidine groups is 1. The smallest absolute Gasteiger partial charge is 0.240 e. The monoisotopic (exact) mass is 218 g/mol. The van der Waals surface area contributed by atoms with Crippen molar-refractivity contribution in [3.05, 3.63) is 29.3 Å². The molecule has 1 aliphatic rings. The lowest BCUT2D eigenvalue weighted by Crippen LogP contribution is -2.35. The van der Waals surface area contributed by atoms with Gasteiger partial charge < -0.3 is 16.8 Å². The van der Waals surface area contributed by atoms with E-state index in [1.54, 1.807) is 6.07 Å². The van der Waals surface area contributed by atoms with Gasteiger partial charge in [0.15, 0.2) is 0 Å². The first-order valence-corrected chi connectivity index (χ1v) is 5.05. The van der Waals surface area contributed by atoms with Crippen LogP contribution in [0.15, 0.2) is 18.2 Å². The van der Waals surface area contributed by atoms with Crippen molar-refractivity contribution in [2.24, 2.45) is 11.5 Å². The average molecular weight is 218 g/mol. The van der Waals surface area contributed by atoms with Crippen molar-refractivity contribution in [2.45, 2.75) is 18.9 Å². The summed E-state index contributed by atoms with van der Waals surface area (Å²) in [5.41, 5.74) is 13.3. The molecule has 1 aromatic carbocycles. The molecule has 0 saturated carbocycles. The molecule has 5 nitrogen and oxygen atoms in total. The quantitative estimate of drug-likeness (QED) is 0.425. The number of hydrogen-bond acceptors (Lipinski definition) is 3. The van der Waals surface area contributed by atoms with Crippen LogP contribution in [0.1, 0.15) is 24.0 Å². The molecule has 1 aliphatic heterocycles. The zero-order valence-corrected chi connectivity index (χ0v) is 8.95. The molecule has 0 bridgehead atoms. The van der Waals surface area contributed by atoms with E-state index in [9.17, 15) is 4.79 Å². The van der Waals surface area contributed by atoms with Crippen LogP contribution in [0.5, 0.6) is 0 Å². The summed E-state index contributed by atoms with van der Waals surface area (Å²) in [7, 11) is 0. The molecular formula is C11H14N4O. The molecule has 1 heterocycles. The number of amides is 1. The molecule has 1 amide bonds. The van der Waals surface area contributed by atoms with Gasteiger partial charge in [-0.2, -0.15) is 0 Å². The summed E-state index contributed by atoms with van der Waals surface area (Å²) in [6.45, 7) is 1.93. The second-order valence-corrected chi connectivity index (χ2v) is 4.03. The van der Waals surface area contributed by atoms with Crippen LogP contribution in [0.25, 0.3) is 0 Å². The Morgan fingerprint density at radius 2 is 2.12 bits per heavy atom. The fourth-order valence-corrected chi connectivity index (χ4v) is 2.03. The fraction of sp³-hybridized carbons (Fsp3) is 0.273. The van der Waals surface area contributed by atoms with E-state index < -0.39 is 0 Å². The third-order valence-electron chi connectivity index (χ3n) is 2.97. The van der Waals surface area contributed by atoms with Crippen molar-refractivity contribution < 1.29 is 4.79 Å². The van der Waals surface area contributed by atoms with Crippen molar-refractivity contribution in [3.63, 3.8) is 0 Å². The molecule has 2 unspecified atom stereocenters. The van der Waals surface area contributed by atoms with Crippen LogP contribution in [-0.4, -0.2) is 17.8 Å². The maximum absolute atomic E-state index is 11.2. The second kappa shape index (κ2) is 3.52. The summed E-state index contributed by atoms with van der Waals surface area (Å²) in [6.07, 6.45) is 0. The first kappa shape index (κ1) is 10.5. The van der Waals surface area contributed by atoms with Gasteiger partial charge in [0.05, 0.1) is 0 Å². The van der Waals surface area contributed by atoms with Crippen LogP contribution < -0.4 is 16.8 Å². The number of primary amides is 1. The number of carbonyl (C=O) groups is 1. The van der Waals surface area contributed by atoms with Gasteiger partial charge >= 0.3 is 0 Å². The Bertz CT molecular complexity index is 469. The van der Waals surface area contributed by atoms with Gasteiger partial charge in [0.25, 0.3) is 0 Å². The lowest BCUT2D eigenvalue weighted by molar-refractivity contribution is -0.118. The Morgan fingerprint density at radius 1 is 1.44 bits per heavy atom. The normalized spacial score (nSPS) is 22.3. The molecule has 84 valence electrons. The van der Waals surface area contributed by atoms with Crippen LogP contribution >= 0.6 is 0 Å². The number of carbonyl (C=O) groups excluding carboxylic acids is 1. The number of anilines is 1. The van der Waals surface area contributed by atoms with Gasteiger partial charge in [0, 0.05) is 17.2 Å². The highest BCUT2D eigenvalue weighted by Crippen LogP contribution is 2.35. The highest BCUT2D eigenvalue weighted by atomic mass is 16.1. The van der Waals surface area contributed by atoms with Gasteiger partial charge in [-0.15, -0.1) is 0 Å². The van der Waals surface area contributed by atoms with E-state index in [0.717, 1.165) is 11.3 Å². The summed E-state index contributed by atoms with van der Waals surface area (Å²) >= 11 is 0. The van der Waals surface area contributed by atoms with E-state index in [4.69, 9.17) is 16.9 Å². The van der Waals surface area contributed by atoms with Gasteiger partial charge in [-0.05, 0) is 23.8 Å². The molecule has 0 spiro atoms. The molecular weight excluding hydrogens is 204 g/mol. The molecule has 0 fully saturated rings. The Balaban J connectivity index is 2.41. The van der Waals surface area contributed by atoms with E-state index in [-0.39, 0.29) is 23.7 Å². The fourth-order valence-electron chi connectivity index (χ4n) is 2.03. The number of nitrogen functional groups attached to an aromatic ring is 1. The van der Waals surface area contributed by atoms with Crippen LogP contribution in [0, 0.1) is 5.41 Å². The average Bonchev–Trinajstić information content (AvgIpc) is 2.56. The van der Waals surface area contributed by atoms with Crippen LogP contribution in [-0.2, 0) is 4.79 Å². The summed E-state index contributed by atoms with van der Waals surface area (Å²) in [5.74, 6) is -0.336. The number of benzene rings is 1. The number of nitrogens with two attached hydrogens (primary N) is 2. The maximum Gasteiger partial charge on any atom is 0.240 e. The van der Waals surface area contributed by atoms with E-state index in [1.807, 2.05) is 19.1 Å². The molecule has 5 heteroatoms. The zero-order chi connectivity index (χ0) is 11.9. The topological polar surface area (TPSA) is 105 Å². The number of nitrogens with one attached hydrogen (secondary N) is 2. The maximum atomic E-state index is 11.2. The largest absolute Gasteiger partial charge is 0.384 e. The van der Waals surface area contributed by atoms with Crippen molar-refractivity contribution in [3.8, 4) is 0 Å². The van der Waals surface area contributed by atoms with Gasteiger partial charge in [0.1, 0.15) is 11.9 Å². The summed E-state index contributed by atoms with van der Waals surface area (Å²) < 4.78 is 0. The highest BCUT2D eigenvalue weighted by molar-refractivity contribution is 5.96. The van der Waals surface area contributed by atoms with Crippen molar-refractivity contribution in [1.29, 1.82) is 5.41 Å². The molecule has 0 aromatic heterocycles. The summed E-state index contributed by atoms with van der Waals surface area (Å²) in [6, 6.07) is 5.03. The second-order valence-electron chi connectivity index (χ2n) is 4.03. The Morgan fingerprint density at radius 3 is 2.69 bits per heavy atom. The molecule has 2 rings (SSSR count). The minimum atomic E-state index is -0.378. The lowest BCUT2D eigenvalue weighted by atomic mass is 9.95. The SMILES string of the molecule is CC1c2cc(C(=N)N)ccc2NC1C(N)=O. The predicted molar refractivity (Wildman–Crippen MR) is 62.5 cm³/mol. The molecule has 6 N–H and O–H groups in total. The predicted octanol–water partition coefficient (Wildman–Crippen LogP) is 0.354. The van der Waals surface area contributed by atoms with Crippen LogP contribution in [0.4, 0.5) is 5.69 Å². The molecule has 0 radical (unpaired) electrons. The third kappa shape index (κ3) is 1.50. The Kier molecular flexibility index (Phi) is 2.30. The van der Waals surface area contributed by atoms with Gasteiger partial charge in [-0.1, -0.05) is 6.92 Å². The Hall–Kier alpha value is -2.04. The van der Waals surface area contributed by atoms with E-state index in [1.165, 1.54) is 0 Å². The van der Waals surface area contributed by atoms with E-state index >= 15 is 0 Å². The number of fused-ring (bicyclic) bond motifs is 1. The van der Waals surface area contributed by atoms with Crippen molar-refractivity contribution in [1.82, 2.24) is 0 Å². The molecule has 2 atom stereocenters. The first-order valence-electron chi connectivity index (χ1n) is 5.05. The lowest BCUT2D eigenvalue weighted by Gasteiger charge is -2.11. The van der Waals surface area contributed by atoms with Crippen LogP contribution in [0.3, 0.4) is 0 Å². The summed E-state index contributed by atoms with van der Waals surface area (Å²) in [4.78, 5) is 11.2. The number of rotatable bonds is 2. The molecule has 0 aliphatic carbocycles. The molecule has 1 aromatic rings. The standard InChI is InChI=1S/C11H14N4O/c1-5-7-4-6(10(12)13)2-3-8(7)15-9(5)11(14)16/h2-5,9,15H,1H3,(H3,12,13)(H2,14,16).